The minimum atomic E-state index is -0.603. The van der Waals surface area contributed by atoms with Crippen molar-refractivity contribution in [1.29, 1.82) is 0 Å². The Balaban J connectivity index is 1.91. The van der Waals surface area contributed by atoms with Gasteiger partial charge in [0.05, 0.1) is 5.01 Å². The summed E-state index contributed by atoms with van der Waals surface area (Å²) in [6, 6.07) is 0. The maximum Gasteiger partial charge on any atom is 0.410 e. The largest absolute Gasteiger partial charge is 0.444 e. The van der Waals surface area contributed by atoms with Gasteiger partial charge in [0.2, 0.25) is 0 Å². The van der Waals surface area contributed by atoms with Gasteiger partial charge in [0.1, 0.15) is 11.3 Å². The van der Waals surface area contributed by atoms with Crippen LogP contribution < -0.4 is 5.48 Å². The number of thiazole rings is 1. The van der Waals surface area contributed by atoms with Gasteiger partial charge < -0.3 is 9.64 Å². The smallest absolute Gasteiger partial charge is 0.410 e. The van der Waals surface area contributed by atoms with Crippen LogP contribution in [-0.2, 0) is 4.74 Å². The van der Waals surface area contributed by atoms with Crippen LogP contribution in [0.3, 0.4) is 0 Å². The zero-order valence-corrected chi connectivity index (χ0v) is 13.8. The molecule has 0 aromatic carbocycles. The van der Waals surface area contributed by atoms with Crippen LogP contribution >= 0.6 is 11.3 Å². The molecule has 2 N–H and O–H groups in total. The number of aromatic nitrogens is 1. The van der Waals surface area contributed by atoms with Crippen molar-refractivity contribution in [3.05, 3.63) is 16.1 Å². The molecule has 1 aromatic rings. The van der Waals surface area contributed by atoms with Gasteiger partial charge in [0.15, 0.2) is 0 Å². The molecular weight excluding hydrogens is 306 g/mol. The molecule has 2 heterocycles. The van der Waals surface area contributed by atoms with E-state index in [4.69, 9.17) is 9.94 Å². The highest BCUT2D eigenvalue weighted by Crippen LogP contribution is 2.30. The van der Waals surface area contributed by atoms with Crippen LogP contribution in [0.1, 0.15) is 55.0 Å². The topological polar surface area (TPSA) is 91.8 Å². The first-order chi connectivity index (χ1) is 10.3. The molecule has 122 valence electrons. The normalized spacial score (nSPS) is 16.5. The highest BCUT2D eigenvalue weighted by molar-refractivity contribution is 7.09. The molecule has 2 amide bonds. The van der Waals surface area contributed by atoms with Crippen molar-refractivity contribution in [3.63, 3.8) is 0 Å². The van der Waals surface area contributed by atoms with Gasteiger partial charge in [0, 0.05) is 24.4 Å². The highest BCUT2D eigenvalue weighted by atomic mass is 32.1. The van der Waals surface area contributed by atoms with Gasteiger partial charge in [-0.15, -0.1) is 11.3 Å². The number of rotatable bonds is 2. The molecule has 22 heavy (non-hydrogen) atoms. The summed E-state index contributed by atoms with van der Waals surface area (Å²) in [6.07, 6.45) is 1.28. The zero-order chi connectivity index (χ0) is 16.3. The van der Waals surface area contributed by atoms with Crippen LogP contribution in [0.2, 0.25) is 0 Å². The van der Waals surface area contributed by atoms with Crippen LogP contribution in [0.25, 0.3) is 0 Å². The van der Waals surface area contributed by atoms with Gasteiger partial charge in [-0.1, -0.05) is 0 Å². The SMILES string of the molecule is CC(C)(C)OC(=O)N1CCC(c2nc(C(=O)NO)cs2)CC1. The number of hydroxylamine groups is 1. The average molecular weight is 327 g/mol. The van der Waals surface area contributed by atoms with Crippen molar-refractivity contribution in [3.8, 4) is 0 Å². The van der Waals surface area contributed by atoms with Crippen molar-refractivity contribution < 1.29 is 19.5 Å². The number of nitrogens with one attached hydrogen (secondary N) is 1. The minimum Gasteiger partial charge on any atom is -0.444 e. The minimum absolute atomic E-state index is 0.220. The third-order valence-corrected chi connectivity index (χ3v) is 4.36. The molecular formula is C14H21N3O4S. The Hall–Kier alpha value is -1.67. The first kappa shape index (κ1) is 16.7. The molecule has 0 saturated carbocycles. The molecule has 0 aliphatic carbocycles. The number of likely N-dealkylation sites (tertiary alicyclic amines) is 1. The lowest BCUT2D eigenvalue weighted by molar-refractivity contribution is 0.0205. The van der Waals surface area contributed by atoms with Gasteiger partial charge in [-0.25, -0.2) is 15.3 Å². The quantitative estimate of drug-likeness (QED) is 0.643. The molecule has 1 aromatic heterocycles. The van der Waals surface area contributed by atoms with E-state index in [0.717, 1.165) is 17.8 Å². The number of nitrogens with zero attached hydrogens (tertiary/aromatic N) is 2. The number of amides is 2. The lowest BCUT2D eigenvalue weighted by atomic mass is 9.98. The van der Waals surface area contributed by atoms with Gasteiger partial charge >= 0.3 is 6.09 Å². The third kappa shape index (κ3) is 4.17. The van der Waals surface area contributed by atoms with Gasteiger partial charge in [-0.3, -0.25) is 10.0 Å². The Kier molecular flexibility index (Phi) is 5.02. The van der Waals surface area contributed by atoms with Crippen LogP contribution in [0.15, 0.2) is 5.38 Å². The van der Waals surface area contributed by atoms with E-state index in [2.05, 4.69) is 4.98 Å². The Labute approximate surface area is 133 Å². The summed E-state index contributed by atoms with van der Waals surface area (Å²) in [4.78, 5) is 29.2. The van der Waals surface area contributed by atoms with Gasteiger partial charge in [0.25, 0.3) is 5.91 Å². The van der Waals surface area contributed by atoms with E-state index < -0.39 is 11.5 Å². The summed E-state index contributed by atoms with van der Waals surface area (Å²) in [6.45, 7) is 6.77. The second-order valence-electron chi connectivity index (χ2n) is 6.25. The molecule has 0 radical (unpaired) electrons. The fourth-order valence-corrected chi connectivity index (χ4v) is 3.24. The average Bonchev–Trinajstić information content (AvgIpc) is 2.94. The zero-order valence-electron chi connectivity index (χ0n) is 13.0. The number of ether oxygens (including phenoxy) is 1. The number of hydrogen-bond acceptors (Lipinski definition) is 6. The Morgan fingerprint density at radius 1 is 1.41 bits per heavy atom. The van der Waals surface area contributed by atoms with E-state index in [-0.39, 0.29) is 17.7 Å². The summed E-state index contributed by atoms with van der Waals surface area (Å²) in [5.74, 6) is -0.377. The Morgan fingerprint density at radius 3 is 2.59 bits per heavy atom. The van der Waals surface area contributed by atoms with Crippen molar-refractivity contribution >= 4 is 23.3 Å². The third-order valence-electron chi connectivity index (χ3n) is 3.35. The fraction of sp³-hybridized carbons (Fsp3) is 0.643. The monoisotopic (exact) mass is 327 g/mol. The van der Waals surface area contributed by atoms with E-state index in [1.807, 2.05) is 20.8 Å². The predicted molar refractivity (Wildman–Crippen MR) is 81.1 cm³/mol. The maximum absolute atomic E-state index is 12.0. The maximum atomic E-state index is 12.0. The molecule has 2 rings (SSSR count). The van der Waals surface area contributed by atoms with E-state index in [1.165, 1.54) is 11.3 Å². The summed E-state index contributed by atoms with van der Waals surface area (Å²) in [7, 11) is 0. The predicted octanol–water partition coefficient (Wildman–Crippen LogP) is 2.38. The first-order valence-corrected chi connectivity index (χ1v) is 8.06. The van der Waals surface area contributed by atoms with E-state index in [9.17, 15) is 9.59 Å². The molecule has 0 spiro atoms. The summed E-state index contributed by atoms with van der Waals surface area (Å²) in [5.41, 5.74) is 1.31. The van der Waals surface area contributed by atoms with Crippen LogP contribution in [0, 0.1) is 0 Å². The molecule has 1 aliphatic rings. The molecule has 0 bridgehead atoms. The molecule has 1 fully saturated rings. The molecule has 0 unspecified atom stereocenters. The first-order valence-electron chi connectivity index (χ1n) is 7.18. The van der Waals surface area contributed by atoms with E-state index in [0.29, 0.717) is 13.1 Å². The summed E-state index contributed by atoms with van der Waals surface area (Å²) < 4.78 is 5.36. The molecule has 8 heteroatoms. The fourth-order valence-electron chi connectivity index (χ4n) is 2.27. The lowest BCUT2D eigenvalue weighted by Crippen LogP contribution is -2.41. The van der Waals surface area contributed by atoms with Gasteiger partial charge in [-0.2, -0.15) is 0 Å². The molecule has 0 atom stereocenters. The van der Waals surface area contributed by atoms with Crippen LogP contribution in [0.4, 0.5) is 4.79 Å². The van der Waals surface area contributed by atoms with Crippen molar-refractivity contribution in [2.45, 2.75) is 45.1 Å². The number of carbonyl (C=O) groups excluding carboxylic acids is 2. The molecule has 7 nitrogen and oxygen atoms in total. The second kappa shape index (κ2) is 6.62. The van der Waals surface area contributed by atoms with Crippen molar-refractivity contribution in [2.24, 2.45) is 0 Å². The van der Waals surface area contributed by atoms with Gasteiger partial charge in [-0.05, 0) is 33.6 Å². The number of hydrogen-bond donors (Lipinski definition) is 2. The Bertz CT molecular complexity index is 545. The standard InChI is InChI=1S/C14H21N3O4S/c1-14(2,3)21-13(19)17-6-4-9(5-7-17)12-15-10(8-22-12)11(18)16-20/h8-9,20H,4-7H2,1-3H3,(H,16,18). The number of piperidine rings is 1. The van der Waals surface area contributed by atoms with E-state index >= 15 is 0 Å². The van der Waals surface area contributed by atoms with Crippen molar-refractivity contribution in [1.82, 2.24) is 15.4 Å². The number of carbonyl (C=O) groups is 2. The van der Waals surface area contributed by atoms with Crippen molar-refractivity contribution in [2.75, 3.05) is 13.1 Å². The summed E-state index contributed by atoms with van der Waals surface area (Å²) >= 11 is 1.40. The Morgan fingerprint density at radius 2 is 2.05 bits per heavy atom. The summed E-state index contributed by atoms with van der Waals surface area (Å²) in [5, 5.41) is 11.1. The molecule has 1 aliphatic heterocycles. The second-order valence-corrected chi connectivity index (χ2v) is 7.14. The van der Waals surface area contributed by atoms with Crippen LogP contribution in [-0.4, -0.2) is 45.8 Å². The lowest BCUT2D eigenvalue weighted by Gasteiger charge is -2.32. The molecule has 1 saturated heterocycles. The van der Waals surface area contributed by atoms with E-state index in [1.54, 1.807) is 15.8 Å². The van der Waals surface area contributed by atoms with Crippen LogP contribution in [0.5, 0.6) is 0 Å². The highest BCUT2D eigenvalue weighted by Gasteiger charge is 2.29.